The van der Waals surface area contributed by atoms with E-state index in [1.165, 1.54) is 12.8 Å². The zero-order chi connectivity index (χ0) is 16.4. The predicted molar refractivity (Wildman–Crippen MR) is 92.6 cm³/mol. The van der Waals surface area contributed by atoms with Crippen molar-refractivity contribution in [2.75, 3.05) is 32.2 Å². The predicted octanol–water partition coefficient (Wildman–Crippen LogP) is 3.45. The molecule has 0 radical (unpaired) electrons. The molecule has 1 aliphatic heterocycles. The summed E-state index contributed by atoms with van der Waals surface area (Å²) in [7, 11) is 3.31. The summed E-state index contributed by atoms with van der Waals surface area (Å²) in [6, 6.07) is 3.96. The van der Waals surface area contributed by atoms with E-state index in [1.54, 1.807) is 14.2 Å². The number of anilines is 1. The third-order valence-electron chi connectivity index (χ3n) is 4.22. The Morgan fingerprint density at radius 2 is 1.70 bits per heavy atom. The monoisotopic (exact) mass is 315 g/mol. The van der Waals surface area contributed by atoms with E-state index in [0.717, 1.165) is 47.8 Å². The minimum atomic E-state index is 0.527. The Morgan fingerprint density at radius 3 is 2.30 bits per heavy atom. The van der Waals surface area contributed by atoms with Gasteiger partial charge in [-0.3, -0.25) is 0 Å². The highest BCUT2D eigenvalue weighted by molar-refractivity contribution is 5.92. The SMILES string of the molecule is COc1cc2nc(CC(C)C)nc(N3CCCC3)c2cc1OC. The van der Waals surface area contributed by atoms with Crippen LogP contribution >= 0.6 is 0 Å². The summed E-state index contributed by atoms with van der Waals surface area (Å²) in [4.78, 5) is 12.0. The van der Waals surface area contributed by atoms with Gasteiger partial charge in [0.25, 0.3) is 0 Å². The summed E-state index contributed by atoms with van der Waals surface area (Å²) in [6.45, 7) is 6.50. The fourth-order valence-corrected chi connectivity index (χ4v) is 3.11. The Labute approximate surface area is 137 Å². The van der Waals surface area contributed by atoms with Crippen LogP contribution in [-0.2, 0) is 6.42 Å². The molecule has 124 valence electrons. The van der Waals surface area contributed by atoms with Gasteiger partial charge >= 0.3 is 0 Å². The van der Waals surface area contributed by atoms with E-state index in [1.807, 2.05) is 12.1 Å². The van der Waals surface area contributed by atoms with Crippen LogP contribution in [0.4, 0.5) is 5.82 Å². The highest BCUT2D eigenvalue weighted by Crippen LogP contribution is 2.36. The number of methoxy groups -OCH3 is 2. The zero-order valence-electron chi connectivity index (χ0n) is 14.4. The highest BCUT2D eigenvalue weighted by Gasteiger charge is 2.20. The summed E-state index contributed by atoms with van der Waals surface area (Å²) in [5, 5.41) is 1.04. The molecule has 0 atom stereocenters. The number of fused-ring (bicyclic) bond motifs is 1. The van der Waals surface area contributed by atoms with E-state index in [9.17, 15) is 0 Å². The molecule has 1 fully saturated rings. The fraction of sp³-hybridized carbons (Fsp3) is 0.556. The molecule has 5 heteroatoms. The standard InChI is InChI=1S/C18H25N3O2/c1-12(2)9-17-19-14-11-16(23-4)15(22-3)10-13(14)18(20-17)21-7-5-6-8-21/h10-12H,5-9H2,1-4H3. The van der Waals surface area contributed by atoms with Crippen LogP contribution < -0.4 is 14.4 Å². The van der Waals surface area contributed by atoms with Crippen molar-refractivity contribution in [1.29, 1.82) is 0 Å². The van der Waals surface area contributed by atoms with E-state index >= 15 is 0 Å². The Morgan fingerprint density at radius 1 is 1.04 bits per heavy atom. The molecule has 1 aromatic carbocycles. The van der Waals surface area contributed by atoms with Crippen molar-refractivity contribution >= 4 is 16.7 Å². The number of benzene rings is 1. The van der Waals surface area contributed by atoms with E-state index in [-0.39, 0.29) is 0 Å². The molecule has 2 heterocycles. The van der Waals surface area contributed by atoms with Crippen LogP contribution in [0.2, 0.25) is 0 Å². The van der Waals surface area contributed by atoms with Gasteiger partial charge in [-0.05, 0) is 24.8 Å². The molecule has 0 aliphatic carbocycles. The topological polar surface area (TPSA) is 47.5 Å². The van der Waals surface area contributed by atoms with Crippen LogP contribution in [0, 0.1) is 5.92 Å². The van der Waals surface area contributed by atoms with Gasteiger partial charge in [-0.2, -0.15) is 0 Å². The van der Waals surface area contributed by atoms with Gasteiger partial charge < -0.3 is 14.4 Å². The molecule has 0 saturated carbocycles. The largest absolute Gasteiger partial charge is 0.493 e. The first kappa shape index (κ1) is 15.8. The molecular formula is C18H25N3O2. The Bertz CT molecular complexity index is 694. The summed E-state index contributed by atoms with van der Waals surface area (Å²) in [6.07, 6.45) is 3.32. The van der Waals surface area contributed by atoms with E-state index < -0.39 is 0 Å². The number of nitrogens with zero attached hydrogens (tertiary/aromatic N) is 3. The van der Waals surface area contributed by atoms with Gasteiger partial charge in [0.2, 0.25) is 0 Å². The molecule has 1 aromatic heterocycles. The maximum atomic E-state index is 5.46. The van der Waals surface area contributed by atoms with Crippen molar-refractivity contribution in [2.24, 2.45) is 5.92 Å². The van der Waals surface area contributed by atoms with Gasteiger partial charge in [-0.25, -0.2) is 9.97 Å². The second kappa shape index (κ2) is 6.60. The molecule has 1 saturated heterocycles. The molecule has 3 rings (SSSR count). The Hall–Kier alpha value is -2.04. The Balaban J connectivity index is 2.18. The van der Waals surface area contributed by atoms with E-state index in [2.05, 4.69) is 18.7 Å². The summed E-state index contributed by atoms with van der Waals surface area (Å²) >= 11 is 0. The van der Waals surface area contributed by atoms with Gasteiger partial charge in [0.1, 0.15) is 11.6 Å². The normalized spacial score (nSPS) is 14.7. The second-order valence-electron chi connectivity index (χ2n) is 6.48. The average Bonchev–Trinajstić information content (AvgIpc) is 3.06. The molecule has 1 aliphatic rings. The number of rotatable bonds is 5. The smallest absolute Gasteiger partial charge is 0.162 e. The van der Waals surface area contributed by atoms with Crippen molar-refractivity contribution in [3.8, 4) is 11.5 Å². The number of hydrogen-bond donors (Lipinski definition) is 0. The first-order chi connectivity index (χ1) is 11.1. The number of hydrogen-bond acceptors (Lipinski definition) is 5. The van der Waals surface area contributed by atoms with Gasteiger partial charge in [0, 0.05) is 31.0 Å². The van der Waals surface area contributed by atoms with Gasteiger partial charge in [-0.1, -0.05) is 13.8 Å². The van der Waals surface area contributed by atoms with Crippen molar-refractivity contribution in [1.82, 2.24) is 9.97 Å². The average molecular weight is 315 g/mol. The van der Waals surface area contributed by atoms with Crippen LogP contribution in [0.25, 0.3) is 10.9 Å². The maximum Gasteiger partial charge on any atom is 0.162 e. The van der Waals surface area contributed by atoms with Gasteiger partial charge in [0.15, 0.2) is 11.5 Å². The molecule has 2 aromatic rings. The van der Waals surface area contributed by atoms with Gasteiger partial charge in [-0.15, -0.1) is 0 Å². The number of ether oxygens (including phenoxy) is 2. The Kier molecular flexibility index (Phi) is 4.55. The molecular weight excluding hydrogens is 290 g/mol. The fourth-order valence-electron chi connectivity index (χ4n) is 3.11. The lowest BCUT2D eigenvalue weighted by atomic mass is 10.1. The minimum Gasteiger partial charge on any atom is -0.493 e. The van der Waals surface area contributed by atoms with Gasteiger partial charge in [0.05, 0.1) is 19.7 Å². The first-order valence-electron chi connectivity index (χ1n) is 8.30. The van der Waals surface area contributed by atoms with Crippen molar-refractivity contribution < 1.29 is 9.47 Å². The van der Waals surface area contributed by atoms with Crippen molar-refractivity contribution in [3.05, 3.63) is 18.0 Å². The maximum absolute atomic E-state index is 5.46. The molecule has 0 amide bonds. The second-order valence-corrected chi connectivity index (χ2v) is 6.48. The molecule has 0 unspecified atom stereocenters. The molecule has 0 spiro atoms. The molecule has 23 heavy (non-hydrogen) atoms. The van der Waals surface area contributed by atoms with Crippen LogP contribution in [0.1, 0.15) is 32.5 Å². The highest BCUT2D eigenvalue weighted by atomic mass is 16.5. The lowest BCUT2D eigenvalue weighted by Gasteiger charge is -2.20. The summed E-state index contributed by atoms with van der Waals surface area (Å²) in [5.41, 5.74) is 0.926. The molecule has 0 bridgehead atoms. The third kappa shape index (κ3) is 3.19. The lowest BCUT2D eigenvalue weighted by molar-refractivity contribution is 0.355. The van der Waals surface area contributed by atoms with Crippen molar-refractivity contribution in [3.63, 3.8) is 0 Å². The molecule has 5 nitrogen and oxygen atoms in total. The van der Waals surface area contributed by atoms with Crippen LogP contribution in [0.3, 0.4) is 0 Å². The van der Waals surface area contributed by atoms with E-state index in [0.29, 0.717) is 11.7 Å². The van der Waals surface area contributed by atoms with Crippen LogP contribution in [0.5, 0.6) is 11.5 Å². The number of aromatic nitrogens is 2. The van der Waals surface area contributed by atoms with Crippen LogP contribution in [0.15, 0.2) is 12.1 Å². The lowest BCUT2D eigenvalue weighted by Crippen LogP contribution is -2.20. The summed E-state index contributed by atoms with van der Waals surface area (Å²) in [5.74, 6) is 3.90. The van der Waals surface area contributed by atoms with Crippen molar-refractivity contribution in [2.45, 2.75) is 33.1 Å². The first-order valence-corrected chi connectivity index (χ1v) is 8.30. The summed E-state index contributed by atoms with van der Waals surface area (Å²) < 4.78 is 10.9. The minimum absolute atomic E-state index is 0.527. The molecule has 0 N–H and O–H groups in total. The quantitative estimate of drug-likeness (QED) is 0.846. The van der Waals surface area contributed by atoms with Crippen LogP contribution in [-0.4, -0.2) is 37.3 Å². The zero-order valence-corrected chi connectivity index (χ0v) is 14.4. The van der Waals surface area contributed by atoms with E-state index in [4.69, 9.17) is 19.4 Å². The third-order valence-corrected chi connectivity index (χ3v) is 4.22.